The zero-order chi connectivity index (χ0) is 21.9. The summed E-state index contributed by atoms with van der Waals surface area (Å²) in [5.74, 6) is -0.493. The number of carbonyl (C=O) groups is 1. The first-order valence-electron chi connectivity index (χ1n) is 9.46. The summed E-state index contributed by atoms with van der Waals surface area (Å²) in [5, 5.41) is 3.24. The molecule has 3 aromatic rings. The highest BCUT2D eigenvalue weighted by Crippen LogP contribution is 2.26. The third-order valence-electron chi connectivity index (χ3n) is 4.74. The zero-order valence-corrected chi connectivity index (χ0v) is 18.2. The summed E-state index contributed by atoms with van der Waals surface area (Å²) in [4.78, 5) is 27.9. The number of anilines is 1. The molecule has 0 aliphatic carbocycles. The van der Waals surface area contributed by atoms with Gasteiger partial charge in [0.05, 0.1) is 10.6 Å². The minimum atomic E-state index is -3.97. The van der Waals surface area contributed by atoms with E-state index in [1.807, 2.05) is 6.92 Å². The maximum absolute atomic E-state index is 12.9. The van der Waals surface area contributed by atoms with E-state index in [1.54, 1.807) is 25.1 Å². The first-order chi connectivity index (χ1) is 14.2. The van der Waals surface area contributed by atoms with E-state index in [9.17, 15) is 18.0 Å². The van der Waals surface area contributed by atoms with Gasteiger partial charge in [-0.25, -0.2) is 8.42 Å². The molecule has 1 amide bonds. The monoisotopic (exact) mass is 447 g/mol. The van der Waals surface area contributed by atoms with Crippen LogP contribution in [0.15, 0.2) is 52.3 Å². The van der Waals surface area contributed by atoms with Crippen molar-refractivity contribution >= 4 is 44.1 Å². The summed E-state index contributed by atoms with van der Waals surface area (Å²) in [6.07, 6.45) is 3.05. The first-order valence-corrected chi connectivity index (χ1v) is 11.3. The largest absolute Gasteiger partial charge is 0.360 e. The Kier molecular flexibility index (Phi) is 6.48. The number of rotatable bonds is 7. The topological polar surface area (TPSA) is 108 Å². The van der Waals surface area contributed by atoms with E-state index < -0.39 is 21.4 Å². The normalized spacial score (nSPS) is 11.4. The lowest BCUT2D eigenvalue weighted by atomic mass is 10.1. The van der Waals surface area contributed by atoms with Crippen molar-refractivity contribution < 1.29 is 13.2 Å². The molecule has 3 rings (SSSR count). The Bertz CT molecular complexity index is 1270. The fraction of sp³-hybridized carbons (Fsp3) is 0.238. The molecule has 30 heavy (non-hydrogen) atoms. The van der Waals surface area contributed by atoms with E-state index in [4.69, 9.17) is 11.6 Å². The lowest BCUT2D eigenvalue weighted by Gasteiger charge is -2.12. The fourth-order valence-electron chi connectivity index (χ4n) is 2.93. The number of nitrogens with one attached hydrogen (secondary N) is 3. The molecule has 0 aliphatic heterocycles. The fourth-order valence-corrected chi connectivity index (χ4v) is 4.25. The molecule has 0 saturated heterocycles. The number of hydrogen-bond acceptors (Lipinski definition) is 4. The van der Waals surface area contributed by atoms with Gasteiger partial charge < -0.3 is 10.3 Å². The highest BCUT2D eigenvalue weighted by Gasteiger charge is 2.19. The quantitative estimate of drug-likeness (QED) is 0.478. The molecular formula is C21H22ClN3O4S. The number of carbonyl (C=O) groups excluding carboxylic acids is 1. The molecule has 0 fully saturated rings. The number of aromatic nitrogens is 1. The molecule has 9 heteroatoms. The van der Waals surface area contributed by atoms with Gasteiger partial charge in [0.25, 0.3) is 15.9 Å². The Morgan fingerprint density at radius 1 is 1.20 bits per heavy atom. The van der Waals surface area contributed by atoms with Gasteiger partial charge in [-0.2, -0.15) is 0 Å². The van der Waals surface area contributed by atoms with Gasteiger partial charge in [0.2, 0.25) is 5.43 Å². The van der Waals surface area contributed by atoms with Crippen molar-refractivity contribution in [1.82, 2.24) is 10.3 Å². The van der Waals surface area contributed by atoms with E-state index in [2.05, 4.69) is 15.0 Å². The van der Waals surface area contributed by atoms with Crippen LogP contribution in [0.25, 0.3) is 10.9 Å². The van der Waals surface area contributed by atoms with Gasteiger partial charge in [-0.15, -0.1) is 0 Å². The molecule has 7 nitrogen and oxygen atoms in total. The van der Waals surface area contributed by atoms with Crippen molar-refractivity contribution in [2.45, 2.75) is 31.6 Å². The number of aromatic amines is 1. The molecule has 1 aromatic heterocycles. The Hall–Kier alpha value is -2.84. The third kappa shape index (κ3) is 4.49. The number of hydrogen-bond donors (Lipinski definition) is 3. The number of fused-ring (bicyclic) bond motifs is 1. The van der Waals surface area contributed by atoms with Crippen molar-refractivity contribution in [2.75, 3.05) is 11.3 Å². The molecule has 158 valence electrons. The van der Waals surface area contributed by atoms with E-state index in [0.29, 0.717) is 28.3 Å². The highest BCUT2D eigenvalue weighted by molar-refractivity contribution is 7.92. The van der Waals surface area contributed by atoms with Crippen LogP contribution in [-0.4, -0.2) is 25.9 Å². The molecule has 0 aliphatic rings. The van der Waals surface area contributed by atoms with E-state index in [0.717, 1.165) is 12.8 Å². The minimum absolute atomic E-state index is 0.0632. The van der Waals surface area contributed by atoms with Crippen molar-refractivity contribution in [1.29, 1.82) is 0 Å². The summed E-state index contributed by atoms with van der Waals surface area (Å²) < 4.78 is 28.2. The average Bonchev–Trinajstić information content (AvgIpc) is 2.71. The number of H-pyrrole nitrogens is 1. The van der Waals surface area contributed by atoms with E-state index in [-0.39, 0.29) is 15.8 Å². The lowest BCUT2D eigenvalue weighted by Crippen LogP contribution is -2.29. The van der Waals surface area contributed by atoms with Gasteiger partial charge in [0.15, 0.2) is 0 Å². The summed E-state index contributed by atoms with van der Waals surface area (Å²) in [6, 6.07) is 9.06. The number of amides is 1. The zero-order valence-electron chi connectivity index (χ0n) is 16.6. The van der Waals surface area contributed by atoms with Crippen LogP contribution in [-0.2, 0) is 10.0 Å². The smallest absolute Gasteiger partial charge is 0.261 e. The van der Waals surface area contributed by atoms with Crippen LogP contribution in [0.3, 0.4) is 0 Å². The molecular weight excluding hydrogens is 426 g/mol. The van der Waals surface area contributed by atoms with Crippen LogP contribution in [0.1, 0.15) is 35.7 Å². The maximum Gasteiger partial charge on any atom is 0.261 e. The molecule has 3 N–H and O–H groups in total. The number of pyridine rings is 1. The molecule has 0 bridgehead atoms. The van der Waals surface area contributed by atoms with Crippen LogP contribution in [0.4, 0.5) is 5.69 Å². The second-order valence-electron chi connectivity index (χ2n) is 6.87. The second-order valence-corrected chi connectivity index (χ2v) is 8.96. The van der Waals surface area contributed by atoms with Crippen molar-refractivity contribution in [3.63, 3.8) is 0 Å². The summed E-state index contributed by atoms with van der Waals surface area (Å²) in [6.45, 7) is 4.16. The summed E-state index contributed by atoms with van der Waals surface area (Å²) >= 11 is 6.06. The third-order valence-corrected chi connectivity index (χ3v) is 6.51. The van der Waals surface area contributed by atoms with Gasteiger partial charge in [0.1, 0.15) is 5.56 Å². The molecule has 1 heterocycles. The van der Waals surface area contributed by atoms with Gasteiger partial charge >= 0.3 is 0 Å². The molecule has 0 atom stereocenters. The van der Waals surface area contributed by atoms with Crippen LogP contribution in [0.2, 0.25) is 5.02 Å². The summed E-state index contributed by atoms with van der Waals surface area (Å²) in [5.41, 5.74) is 0.775. The van der Waals surface area contributed by atoms with Crippen LogP contribution in [0.5, 0.6) is 0 Å². The Labute approximate surface area is 179 Å². The van der Waals surface area contributed by atoms with E-state index >= 15 is 0 Å². The summed E-state index contributed by atoms with van der Waals surface area (Å²) in [7, 11) is -3.97. The SMILES string of the molecule is CCCCNC(=O)c1c[nH]c2ccc(S(=O)(=O)Nc3cccc(Cl)c3C)cc2c1=O. The minimum Gasteiger partial charge on any atom is -0.360 e. The van der Waals surface area contributed by atoms with Gasteiger partial charge in [-0.3, -0.25) is 14.3 Å². The number of halogens is 1. The Balaban J connectivity index is 1.99. The molecule has 0 unspecified atom stereocenters. The van der Waals surface area contributed by atoms with Gasteiger partial charge in [0, 0.05) is 28.7 Å². The van der Waals surface area contributed by atoms with Crippen molar-refractivity contribution in [3.05, 3.63) is 69.0 Å². The standard InChI is InChI=1S/C21H22ClN3O4S/c1-3-4-10-23-21(27)16-12-24-19-9-8-14(11-15(19)20(16)26)30(28,29)25-18-7-5-6-17(22)13(18)2/h5-9,11-12,25H,3-4,10H2,1-2H3,(H,23,27)(H,24,26). The molecule has 2 aromatic carbocycles. The van der Waals surface area contributed by atoms with Crippen LogP contribution < -0.4 is 15.5 Å². The van der Waals surface area contributed by atoms with Gasteiger partial charge in [-0.1, -0.05) is 31.0 Å². The predicted octanol–water partition coefficient (Wildman–Crippen LogP) is 3.82. The molecule has 0 spiro atoms. The second kappa shape index (κ2) is 8.89. The predicted molar refractivity (Wildman–Crippen MR) is 119 cm³/mol. The van der Waals surface area contributed by atoms with Gasteiger partial charge in [-0.05, 0) is 49.2 Å². The van der Waals surface area contributed by atoms with Crippen molar-refractivity contribution in [2.24, 2.45) is 0 Å². The number of benzene rings is 2. The molecule has 0 radical (unpaired) electrons. The highest BCUT2D eigenvalue weighted by atomic mass is 35.5. The Morgan fingerprint density at radius 3 is 2.70 bits per heavy atom. The van der Waals surface area contributed by atoms with Crippen molar-refractivity contribution in [3.8, 4) is 0 Å². The maximum atomic E-state index is 12.9. The van der Waals surface area contributed by atoms with Crippen LogP contribution in [0, 0.1) is 6.92 Å². The number of sulfonamides is 1. The lowest BCUT2D eigenvalue weighted by molar-refractivity contribution is 0.0952. The van der Waals surface area contributed by atoms with E-state index in [1.165, 1.54) is 24.4 Å². The number of unbranched alkanes of at least 4 members (excludes halogenated alkanes) is 1. The average molecular weight is 448 g/mol. The Morgan fingerprint density at radius 2 is 1.97 bits per heavy atom. The molecule has 0 saturated carbocycles. The van der Waals surface area contributed by atoms with Crippen LogP contribution >= 0.6 is 11.6 Å². The first kappa shape index (κ1) is 21.9.